The summed E-state index contributed by atoms with van der Waals surface area (Å²) in [4.78, 5) is 11.0. The van der Waals surface area contributed by atoms with E-state index in [1.165, 1.54) is 6.92 Å². The number of benzene rings is 1. The SMILES string of the molecule is CC(=O)NCC[C@H]1CCCCN1S(=O)(=O)Cc1ccc(Cl)cc1. The van der Waals surface area contributed by atoms with Gasteiger partial charge in [-0.25, -0.2) is 8.42 Å². The number of rotatable bonds is 6. The average Bonchev–Trinajstić information content (AvgIpc) is 2.49. The Hall–Kier alpha value is -1.11. The molecular weight excluding hydrogens is 336 g/mol. The molecule has 1 aromatic carbocycles. The van der Waals surface area contributed by atoms with Crippen molar-refractivity contribution in [2.75, 3.05) is 13.1 Å². The second-order valence-electron chi connectivity index (χ2n) is 5.91. The number of piperidine rings is 1. The zero-order valence-corrected chi connectivity index (χ0v) is 14.9. The quantitative estimate of drug-likeness (QED) is 0.849. The molecule has 1 N–H and O–H groups in total. The molecule has 1 atom stereocenters. The van der Waals surface area contributed by atoms with Crippen LogP contribution < -0.4 is 5.32 Å². The minimum atomic E-state index is -3.37. The lowest BCUT2D eigenvalue weighted by molar-refractivity contribution is -0.119. The molecule has 5 nitrogen and oxygen atoms in total. The highest BCUT2D eigenvalue weighted by Gasteiger charge is 2.31. The van der Waals surface area contributed by atoms with Crippen molar-refractivity contribution in [3.63, 3.8) is 0 Å². The Morgan fingerprint density at radius 3 is 2.65 bits per heavy atom. The molecule has 1 aliphatic heterocycles. The number of nitrogens with zero attached hydrogens (tertiary/aromatic N) is 1. The number of carbonyl (C=O) groups is 1. The van der Waals surface area contributed by atoms with Crippen LogP contribution in [0, 0.1) is 0 Å². The highest BCUT2D eigenvalue weighted by Crippen LogP contribution is 2.25. The second kappa shape index (κ2) is 8.13. The van der Waals surface area contributed by atoms with Gasteiger partial charge in [-0.05, 0) is 37.0 Å². The Bertz CT molecular complexity index is 631. The Balaban J connectivity index is 2.05. The first-order chi connectivity index (χ1) is 10.9. The van der Waals surface area contributed by atoms with Crippen LogP contribution in [0.5, 0.6) is 0 Å². The lowest BCUT2D eigenvalue weighted by atomic mass is 10.0. The van der Waals surface area contributed by atoms with E-state index in [4.69, 9.17) is 11.6 Å². The summed E-state index contributed by atoms with van der Waals surface area (Å²) in [7, 11) is -3.37. The molecule has 0 unspecified atom stereocenters. The van der Waals surface area contributed by atoms with Crippen molar-refractivity contribution in [2.45, 2.75) is 44.4 Å². The van der Waals surface area contributed by atoms with Crippen molar-refractivity contribution >= 4 is 27.5 Å². The number of carbonyl (C=O) groups excluding carboxylic acids is 1. The Morgan fingerprint density at radius 2 is 2.00 bits per heavy atom. The van der Waals surface area contributed by atoms with Crippen molar-refractivity contribution in [1.29, 1.82) is 0 Å². The molecule has 1 aromatic rings. The van der Waals surface area contributed by atoms with Crippen LogP contribution in [-0.4, -0.2) is 37.8 Å². The van der Waals surface area contributed by atoms with Crippen LogP contribution in [-0.2, 0) is 20.6 Å². The molecule has 0 aliphatic carbocycles. The van der Waals surface area contributed by atoms with Gasteiger partial charge < -0.3 is 5.32 Å². The molecule has 1 amide bonds. The monoisotopic (exact) mass is 358 g/mol. The Labute approximate surface area is 143 Å². The fourth-order valence-corrected chi connectivity index (χ4v) is 4.90. The van der Waals surface area contributed by atoms with Crippen molar-refractivity contribution in [3.05, 3.63) is 34.9 Å². The van der Waals surface area contributed by atoms with Gasteiger partial charge in [0.05, 0.1) is 5.75 Å². The van der Waals surface area contributed by atoms with E-state index in [1.807, 2.05) is 0 Å². The number of hydrogen-bond donors (Lipinski definition) is 1. The molecule has 128 valence electrons. The number of hydrogen-bond acceptors (Lipinski definition) is 3. The minimum absolute atomic E-state index is 0.0131. The van der Waals surface area contributed by atoms with E-state index in [-0.39, 0.29) is 17.7 Å². The fourth-order valence-electron chi connectivity index (χ4n) is 2.92. The molecule has 7 heteroatoms. The summed E-state index contributed by atoms with van der Waals surface area (Å²) < 4.78 is 27.1. The van der Waals surface area contributed by atoms with E-state index in [0.29, 0.717) is 24.5 Å². The average molecular weight is 359 g/mol. The summed E-state index contributed by atoms with van der Waals surface area (Å²) in [6.45, 7) is 2.53. The fraction of sp³-hybridized carbons (Fsp3) is 0.562. The second-order valence-corrected chi connectivity index (χ2v) is 8.27. The van der Waals surface area contributed by atoms with Gasteiger partial charge in [0.25, 0.3) is 0 Å². The minimum Gasteiger partial charge on any atom is -0.356 e. The van der Waals surface area contributed by atoms with Crippen molar-refractivity contribution in [3.8, 4) is 0 Å². The van der Waals surface area contributed by atoms with Gasteiger partial charge in [-0.1, -0.05) is 30.2 Å². The molecule has 1 aliphatic rings. The third-order valence-corrected chi connectivity index (χ3v) is 6.19. The number of sulfonamides is 1. The van der Waals surface area contributed by atoms with Crippen molar-refractivity contribution in [2.24, 2.45) is 0 Å². The standard InChI is InChI=1S/C16H23ClN2O3S/c1-13(20)18-10-9-16-4-2-3-11-19(16)23(21,22)12-14-5-7-15(17)8-6-14/h5-8,16H,2-4,9-12H2,1H3,(H,18,20)/t16-/m1/s1. The van der Waals surface area contributed by atoms with Crippen LogP contribution in [0.1, 0.15) is 38.2 Å². The molecular formula is C16H23ClN2O3S. The van der Waals surface area contributed by atoms with Crippen LogP contribution in [0.2, 0.25) is 5.02 Å². The van der Waals surface area contributed by atoms with E-state index in [0.717, 1.165) is 24.8 Å². The van der Waals surface area contributed by atoms with Crippen LogP contribution in [0.4, 0.5) is 0 Å². The molecule has 0 spiro atoms. The zero-order valence-electron chi connectivity index (χ0n) is 13.3. The molecule has 1 fully saturated rings. The lowest BCUT2D eigenvalue weighted by Gasteiger charge is -2.34. The number of amides is 1. The van der Waals surface area contributed by atoms with E-state index < -0.39 is 10.0 Å². The first-order valence-corrected chi connectivity index (χ1v) is 9.85. The molecule has 1 heterocycles. The van der Waals surface area contributed by atoms with Crippen molar-refractivity contribution in [1.82, 2.24) is 9.62 Å². The molecule has 0 radical (unpaired) electrons. The maximum Gasteiger partial charge on any atom is 0.218 e. The normalized spacial score (nSPS) is 19.5. The molecule has 23 heavy (non-hydrogen) atoms. The predicted octanol–water partition coefficient (Wildman–Crippen LogP) is 2.55. The van der Waals surface area contributed by atoms with E-state index >= 15 is 0 Å². The van der Waals surface area contributed by atoms with Gasteiger partial charge >= 0.3 is 0 Å². The van der Waals surface area contributed by atoms with Gasteiger partial charge in [-0.3, -0.25) is 4.79 Å². The number of halogens is 1. The molecule has 0 saturated carbocycles. The first kappa shape index (κ1) is 18.2. The molecule has 0 aromatic heterocycles. The van der Waals surface area contributed by atoms with Crippen LogP contribution in [0.3, 0.4) is 0 Å². The van der Waals surface area contributed by atoms with Gasteiger partial charge in [-0.2, -0.15) is 4.31 Å². The van der Waals surface area contributed by atoms with Crippen LogP contribution >= 0.6 is 11.6 Å². The van der Waals surface area contributed by atoms with Gasteiger partial charge in [-0.15, -0.1) is 0 Å². The Morgan fingerprint density at radius 1 is 1.30 bits per heavy atom. The van der Waals surface area contributed by atoms with E-state index in [2.05, 4.69) is 5.32 Å². The molecule has 1 saturated heterocycles. The predicted molar refractivity (Wildman–Crippen MR) is 91.7 cm³/mol. The molecule has 2 rings (SSSR count). The largest absolute Gasteiger partial charge is 0.356 e. The Kier molecular flexibility index (Phi) is 6.44. The zero-order chi connectivity index (χ0) is 16.9. The summed E-state index contributed by atoms with van der Waals surface area (Å²) in [5, 5.41) is 3.34. The summed E-state index contributed by atoms with van der Waals surface area (Å²) >= 11 is 5.84. The van der Waals surface area contributed by atoms with Crippen molar-refractivity contribution < 1.29 is 13.2 Å². The summed E-state index contributed by atoms with van der Waals surface area (Å²) in [5.74, 6) is -0.0998. The maximum absolute atomic E-state index is 12.8. The van der Waals surface area contributed by atoms with Gasteiger partial charge in [0.1, 0.15) is 0 Å². The number of nitrogens with one attached hydrogen (secondary N) is 1. The van der Waals surface area contributed by atoms with Gasteiger partial charge in [0, 0.05) is 31.1 Å². The highest BCUT2D eigenvalue weighted by molar-refractivity contribution is 7.88. The van der Waals surface area contributed by atoms with E-state index in [9.17, 15) is 13.2 Å². The smallest absolute Gasteiger partial charge is 0.218 e. The lowest BCUT2D eigenvalue weighted by Crippen LogP contribution is -2.45. The van der Waals surface area contributed by atoms with E-state index in [1.54, 1.807) is 28.6 Å². The topological polar surface area (TPSA) is 66.5 Å². The third kappa shape index (κ3) is 5.48. The summed E-state index contributed by atoms with van der Waals surface area (Å²) in [6.07, 6.45) is 3.41. The maximum atomic E-state index is 12.8. The van der Waals surface area contributed by atoms with Crippen LogP contribution in [0.25, 0.3) is 0 Å². The third-order valence-electron chi connectivity index (χ3n) is 4.04. The first-order valence-electron chi connectivity index (χ1n) is 7.87. The highest BCUT2D eigenvalue weighted by atomic mass is 35.5. The summed E-state index contributed by atoms with van der Waals surface area (Å²) in [5.41, 5.74) is 0.737. The van der Waals surface area contributed by atoms with Gasteiger partial charge in [0.15, 0.2) is 0 Å². The van der Waals surface area contributed by atoms with Gasteiger partial charge in [0.2, 0.25) is 15.9 Å². The molecule has 0 bridgehead atoms. The summed E-state index contributed by atoms with van der Waals surface area (Å²) in [6, 6.07) is 6.87. The van der Waals surface area contributed by atoms with Crippen LogP contribution in [0.15, 0.2) is 24.3 Å².